The average molecular weight is 195 g/mol. The van der Waals surface area contributed by atoms with Crippen LogP contribution in [0.3, 0.4) is 0 Å². The Hall–Kier alpha value is -1.06. The predicted octanol–water partition coefficient (Wildman–Crippen LogP) is 1.87. The normalized spacial score (nSPS) is 10.6. The molecule has 0 N–H and O–H groups in total. The van der Waals surface area contributed by atoms with E-state index in [0.29, 0.717) is 6.61 Å². The lowest BCUT2D eigenvalue weighted by molar-refractivity contribution is -0.113. The summed E-state index contributed by atoms with van der Waals surface area (Å²) in [5.74, 6) is 0.903. The first-order valence-electron chi connectivity index (χ1n) is 4.67. The van der Waals surface area contributed by atoms with Gasteiger partial charge in [-0.2, -0.15) is 5.06 Å². The van der Waals surface area contributed by atoms with Crippen molar-refractivity contribution in [2.75, 3.05) is 27.3 Å². The molecule has 0 saturated carbocycles. The third-order valence-corrected chi connectivity index (χ3v) is 2.01. The maximum Gasteiger partial charge on any atom is 0.119 e. The number of likely N-dealkylation sites (N-methyl/N-ethyl adjacent to an activating group) is 1. The number of rotatable bonds is 5. The first kappa shape index (κ1) is 11.0. The zero-order valence-corrected chi connectivity index (χ0v) is 8.99. The first-order chi connectivity index (χ1) is 6.72. The molecule has 0 radical (unpaired) electrons. The van der Waals surface area contributed by atoms with E-state index in [1.165, 1.54) is 5.56 Å². The molecule has 0 aliphatic carbocycles. The second-order valence-corrected chi connectivity index (χ2v) is 3.20. The van der Waals surface area contributed by atoms with Crippen LogP contribution in [-0.4, -0.2) is 32.4 Å². The van der Waals surface area contributed by atoms with E-state index in [1.807, 2.05) is 31.3 Å². The van der Waals surface area contributed by atoms with Crippen LogP contribution in [0.25, 0.3) is 0 Å². The van der Waals surface area contributed by atoms with Crippen LogP contribution in [0.2, 0.25) is 0 Å². The maximum atomic E-state index is 5.51. The molecule has 0 heterocycles. The number of hydroxylamine groups is 2. The summed E-state index contributed by atoms with van der Waals surface area (Å²) in [6.45, 7) is 3.44. The molecule has 0 aromatic heterocycles. The van der Waals surface area contributed by atoms with Crippen molar-refractivity contribution in [3.8, 4) is 5.75 Å². The zero-order valence-electron chi connectivity index (χ0n) is 8.99. The molecular formula is C11H17NO2. The summed E-state index contributed by atoms with van der Waals surface area (Å²) in [6.07, 6.45) is 0. The van der Waals surface area contributed by atoms with Gasteiger partial charge >= 0.3 is 0 Å². The van der Waals surface area contributed by atoms with Crippen LogP contribution in [-0.2, 0) is 4.84 Å². The third kappa shape index (κ3) is 3.77. The Labute approximate surface area is 85.2 Å². The highest BCUT2D eigenvalue weighted by molar-refractivity contribution is 5.26. The molecule has 3 nitrogen and oxygen atoms in total. The van der Waals surface area contributed by atoms with Crippen LogP contribution in [0.4, 0.5) is 0 Å². The van der Waals surface area contributed by atoms with Gasteiger partial charge in [-0.1, -0.05) is 17.7 Å². The minimum absolute atomic E-state index is 0.632. The Bertz CT molecular complexity index is 258. The number of benzene rings is 1. The molecule has 3 heteroatoms. The van der Waals surface area contributed by atoms with E-state index in [2.05, 4.69) is 6.92 Å². The minimum atomic E-state index is 0.632. The van der Waals surface area contributed by atoms with Crippen molar-refractivity contribution < 1.29 is 9.57 Å². The van der Waals surface area contributed by atoms with Gasteiger partial charge in [-0.25, -0.2) is 0 Å². The summed E-state index contributed by atoms with van der Waals surface area (Å²) in [5, 5.41) is 1.73. The van der Waals surface area contributed by atoms with E-state index < -0.39 is 0 Å². The summed E-state index contributed by atoms with van der Waals surface area (Å²) in [7, 11) is 3.52. The molecular weight excluding hydrogens is 178 g/mol. The minimum Gasteiger partial charge on any atom is -0.492 e. The van der Waals surface area contributed by atoms with Gasteiger partial charge < -0.3 is 9.57 Å². The van der Waals surface area contributed by atoms with Crippen molar-refractivity contribution in [3.63, 3.8) is 0 Å². The average Bonchev–Trinajstić information content (AvgIpc) is 2.21. The van der Waals surface area contributed by atoms with Gasteiger partial charge in [-0.3, -0.25) is 0 Å². The summed E-state index contributed by atoms with van der Waals surface area (Å²) < 4.78 is 5.51. The number of aryl methyl sites for hydroxylation is 1. The van der Waals surface area contributed by atoms with Gasteiger partial charge in [-0.15, -0.1) is 0 Å². The molecule has 0 aliphatic rings. The molecule has 1 aromatic carbocycles. The van der Waals surface area contributed by atoms with Crippen LogP contribution < -0.4 is 4.74 Å². The Morgan fingerprint density at radius 2 is 1.86 bits per heavy atom. The van der Waals surface area contributed by atoms with Crippen molar-refractivity contribution in [3.05, 3.63) is 29.8 Å². The number of hydrogen-bond acceptors (Lipinski definition) is 3. The highest BCUT2D eigenvalue weighted by atomic mass is 16.7. The SMILES string of the molecule is CON(C)CCOc1ccc(C)cc1. The molecule has 0 aliphatic heterocycles. The third-order valence-electron chi connectivity index (χ3n) is 2.01. The van der Waals surface area contributed by atoms with Crippen molar-refractivity contribution in [1.82, 2.24) is 5.06 Å². The summed E-state index contributed by atoms with van der Waals surface area (Å²) in [5.41, 5.74) is 1.24. The lowest BCUT2D eigenvalue weighted by atomic mass is 10.2. The Morgan fingerprint density at radius 3 is 2.43 bits per heavy atom. The first-order valence-corrected chi connectivity index (χ1v) is 4.67. The Kier molecular flexibility index (Phi) is 4.43. The standard InChI is InChI=1S/C11H17NO2/c1-10-4-6-11(7-5-10)14-9-8-12(2)13-3/h4-7H,8-9H2,1-3H3. The fourth-order valence-corrected chi connectivity index (χ4v) is 1.02. The monoisotopic (exact) mass is 195 g/mol. The second kappa shape index (κ2) is 5.62. The molecule has 14 heavy (non-hydrogen) atoms. The number of ether oxygens (including phenoxy) is 1. The van der Waals surface area contributed by atoms with Crippen molar-refractivity contribution in [2.45, 2.75) is 6.92 Å². The largest absolute Gasteiger partial charge is 0.492 e. The van der Waals surface area contributed by atoms with Crippen molar-refractivity contribution >= 4 is 0 Å². The van der Waals surface area contributed by atoms with Gasteiger partial charge in [-0.05, 0) is 19.1 Å². The molecule has 0 bridgehead atoms. The quantitative estimate of drug-likeness (QED) is 0.669. The molecule has 0 unspecified atom stereocenters. The van der Waals surface area contributed by atoms with Gasteiger partial charge in [0.2, 0.25) is 0 Å². The summed E-state index contributed by atoms with van der Waals surface area (Å²) >= 11 is 0. The smallest absolute Gasteiger partial charge is 0.119 e. The van der Waals surface area contributed by atoms with E-state index >= 15 is 0 Å². The van der Waals surface area contributed by atoms with E-state index in [0.717, 1.165) is 12.3 Å². The van der Waals surface area contributed by atoms with E-state index in [9.17, 15) is 0 Å². The fourth-order valence-electron chi connectivity index (χ4n) is 1.02. The van der Waals surface area contributed by atoms with Crippen LogP contribution in [0.15, 0.2) is 24.3 Å². The van der Waals surface area contributed by atoms with E-state index in [1.54, 1.807) is 12.2 Å². The zero-order chi connectivity index (χ0) is 10.4. The van der Waals surface area contributed by atoms with Crippen LogP contribution >= 0.6 is 0 Å². The predicted molar refractivity (Wildman–Crippen MR) is 56.3 cm³/mol. The Morgan fingerprint density at radius 1 is 1.21 bits per heavy atom. The van der Waals surface area contributed by atoms with Gasteiger partial charge in [0.1, 0.15) is 12.4 Å². The molecule has 0 fully saturated rings. The molecule has 1 aromatic rings. The lowest BCUT2D eigenvalue weighted by Gasteiger charge is -2.13. The van der Waals surface area contributed by atoms with Crippen LogP contribution in [0.1, 0.15) is 5.56 Å². The van der Waals surface area contributed by atoms with Crippen molar-refractivity contribution in [1.29, 1.82) is 0 Å². The molecule has 0 atom stereocenters. The van der Waals surface area contributed by atoms with Gasteiger partial charge in [0, 0.05) is 7.05 Å². The Balaban J connectivity index is 2.28. The number of hydrogen-bond donors (Lipinski definition) is 0. The highest BCUT2D eigenvalue weighted by Gasteiger charge is 1.96. The van der Waals surface area contributed by atoms with E-state index in [-0.39, 0.29) is 0 Å². The number of nitrogens with zero attached hydrogens (tertiary/aromatic N) is 1. The van der Waals surface area contributed by atoms with Crippen LogP contribution in [0.5, 0.6) is 5.75 Å². The van der Waals surface area contributed by atoms with Crippen molar-refractivity contribution in [2.24, 2.45) is 0 Å². The summed E-state index contributed by atoms with van der Waals surface area (Å²) in [4.78, 5) is 4.96. The second-order valence-electron chi connectivity index (χ2n) is 3.20. The van der Waals surface area contributed by atoms with Gasteiger partial charge in [0.05, 0.1) is 13.7 Å². The summed E-state index contributed by atoms with van der Waals surface area (Å²) in [6, 6.07) is 8.02. The molecule has 78 valence electrons. The fraction of sp³-hybridized carbons (Fsp3) is 0.455. The maximum absolute atomic E-state index is 5.51. The molecule has 0 saturated heterocycles. The van der Waals surface area contributed by atoms with Gasteiger partial charge in [0.15, 0.2) is 0 Å². The molecule has 0 spiro atoms. The molecule has 0 amide bonds. The topological polar surface area (TPSA) is 21.7 Å². The van der Waals surface area contributed by atoms with Crippen LogP contribution in [0, 0.1) is 6.92 Å². The molecule has 1 rings (SSSR count). The highest BCUT2D eigenvalue weighted by Crippen LogP contribution is 2.10. The lowest BCUT2D eigenvalue weighted by Crippen LogP contribution is -2.22. The van der Waals surface area contributed by atoms with E-state index in [4.69, 9.17) is 9.57 Å². The van der Waals surface area contributed by atoms with Gasteiger partial charge in [0.25, 0.3) is 0 Å².